The van der Waals surface area contributed by atoms with Gasteiger partial charge in [0.2, 0.25) is 0 Å². The number of carbonyl (C=O) groups is 1. The van der Waals surface area contributed by atoms with Crippen molar-refractivity contribution in [2.75, 3.05) is 0 Å². The van der Waals surface area contributed by atoms with Gasteiger partial charge in [0.15, 0.2) is 0 Å². The number of rotatable bonds is 14. The van der Waals surface area contributed by atoms with Gasteiger partial charge in [0.1, 0.15) is 0 Å². The normalized spacial score (nSPS) is 13.0. The van der Waals surface area contributed by atoms with Gasteiger partial charge < -0.3 is 5.11 Å². The van der Waals surface area contributed by atoms with Gasteiger partial charge in [0.25, 0.3) is 0 Å². The second-order valence-corrected chi connectivity index (χ2v) is 5.41. The smallest absolute Gasteiger partial charge is 0.328 e. The van der Waals surface area contributed by atoms with Crippen LogP contribution in [0.1, 0.15) is 58.3 Å². The highest BCUT2D eigenvalue weighted by molar-refractivity contribution is 5.80. The lowest BCUT2D eigenvalue weighted by Crippen LogP contribution is -1.84. The molecule has 0 aliphatic carbocycles. The number of aliphatic carboxylic acids is 1. The van der Waals surface area contributed by atoms with Gasteiger partial charge in [-0.3, -0.25) is 0 Å². The van der Waals surface area contributed by atoms with Gasteiger partial charge >= 0.3 is 5.97 Å². The van der Waals surface area contributed by atoms with Gasteiger partial charge in [0, 0.05) is 6.08 Å². The molecule has 0 rings (SSSR count). The highest BCUT2D eigenvalue weighted by Crippen LogP contribution is 2.03. The topological polar surface area (TPSA) is 37.3 Å². The second kappa shape index (κ2) is 19.0. The van der Waals surface area contributed by atoms with Crippen LogP contribution in [0.3, 0.4) is 0 Å². The monoisotopic (exact) mass is 328 g/mol. The zero-order valence-corrected chi connectivity index (χ0v) is 14.9. The van der Waals surface area contributed by atoms with E-state index in [2.05, 4.69) is 55.5 Å². The van der Waals surface area contributed by atoms with Crippen molar-refractivity contribution in [1.82, 2.24) is 0 Å². The van der Waals surface area contributed by atoms with Crippen LogP contribution in [0.2, 0.25) is 0 Å². The zero-order chi connectivity index (χ0) is 17.7. The Kier molecular flexibility index (Phi) is 17.3. The SMILES string of the molecule is CCC=CCC=CCCCCC=CCC=CCC=CC=CC(=O)O. The Morgan fingerprint density at radius 3 is 1.75 bits per heavy atom. The van der Waals surface area contributed by atoms with Crippen molar-refractivity contribution >= 4 is 5.97 Å². The minimum Gasteiger partial charge on any atom is -0.478 e. The predicted octanol–water partition coefficient (Wildman–Crippen LogP) is 6.55. The van der Waals surface area contributed by atoms with Crippen LogP contribution < -0.4 is 0 Å². The van der Waals surface area contributed by atoms with Gasteiger partial charge in [-0.05, 0) is 51.4 Å². The molecule has 0 amide bonds. The molecular formula is C22H32O2. The van der Waals surface area contributed by atoms with Crippen LogP contribution in [0.15, 0.2) is 72.9 Å². The van der Waals surface area contributed by atoms with Gasteiger partial charge in [-0.1, -0.05) is 73.8 Å². The molecule has 0 aliphatic rings. The molecule has 24 heavy (non-hydrogen) atoms. The predicted molar refractivity (Wildman–Crippen MR) is 105 cm³/mol. The molecule has 0 saturated carbocycles. The van der Waals surface area contributed by atoms with Crippen LogP contribution >= 0.6 is 0 Å². The maximum atomic E-state index is 10.2. The van der Waals surface area contributed by atoms with Crippen molar-refractivity contribution in [2.24, 2.45) is 0 Å². The lowest BCUT2D eigenvalue weighted by molar-refractivity contribution is -0.131. The Hall–Kier alpha value is -2.09. The van der Waals surface area contributed by atoms with E-state index in [0.717, 1.165) is 38.2 Å². The molecule has 0 aromatic heterocycles. The summed E-state index contributed by atoms with van der Waals surface area (Å²) in [7, 11) is 0. The third-order valence-electron chi connectivity index (χ3n) is 3.20. The standard InChI is InChI=1S/C22H32O2/c1-2-3-4-5-6-7-8-9-10-11-12-13-14-15-16-17-18-19-20-21-22(23)24/h3-4,6-7,12-13,15-16,18-21H,2,5,8-11,14,17H2,1H3,(H,23,24). The van der Waals surface area contributed by atoms with E-state index in [-0.39, 0.29) is 0 Å². The average Bonchev–Trinajstić information content (AvgIpc) is 2.56. The third kappa shape index (κ3) is 19.9. The van der Waals surface area contributed by atoms with Crippen LogP contribution in [-0.4, -0.2) is 11.1 Å². The maximum Gasteiger partial charge on any atom is 0.328 e. The molecule has 0 radical (unpaired) electrons. The highest BCUT2D eigenvalue weighted by atomic mass is 16.4. The molecule has 0 unspecified atom stereocenters. The van der Waals surface area contributed by atoms with Crippen molar-refractivity contribution in [1.29, 1.82) is 0 Å². The molecule has 0 saturated heterocycles. The van der Waals surface area contributed by atoms with E-state index in [1.165, 1.54) is 25.3 Å². The van der Waals surface area contributed by atoms with Crippen LogP contribution in [0.5, 0.6) is 0 Å². The summed E-state index contributed by atoms with van der Waals surface area (Å²) in [5.74, 6) is -0.916. The largest absolute Gasteiger partial charge is 0.478 e. The van der Waals surface area contributed by atoms with E-state index in [4.69, 9.17) is 5.11 Å². The Morgan fingerprint density at radius 2 is 1.21 bits per heavy atom. The van der Waals surface area contributed by atoms with Crippen molar-refractivity contribution in [3.05, 3.63) is 72.9 Å². The quantitative estimate of drug-likeness (QED) is 0.170. The summed E-state index contributed by atoms with van der Waals surface area (Å²) in [6, 6.07) is 0. The van der Waals surface area contributed by atoms with Crippen LogP contribution in [0.25, 0.3) is 0 Å². The molecule has 2 heteroatoms. The number of allylic oxidation sites excluding steroid dienone is 11. The molecule has 0 fully saturated rings. The van der Waals surface area contributed by atoms with E-state index in [0.29, 0.717) is 0 Å². The first-order valence-electron chi connectivity index (χ1n) is 8.93. The molecule has 2 nitrogen and oxygen atoms in total. The first-order chi connectivity index (χ1) is 11.8. The van der Waals surface area contributed by atoms with Crippen LogP contribution in [0.4, 0.5) is 0 Å². The number of unbranched alkanes of at least 4 members (excludes halogenated alkanes) is 3. The van der Waals surface area contributed by atoms with Crippen molar-refractivity contribution in [3.63, 3.8) is 0 Å². The molecule has 0 aromatic carbocycles. The number of hydrogen-bond acceptors (Lipinski definition) is 1. The molecule has 0 bridgehead atoms. The fraction of sp³-hybridized carbons (Fsp3) is 0.409. The fourth-order valence-corrected chi connectivity index (χ4v) is 1.94. The molecule has 0 aliphatic heterocycles. The fourth-order valence-electron chi connectivity index (χ4n) is 1.94. The Labute approximate surface area is 147 Å². The first-order valence-corrected chi connectivity index (χ1v) is 8.93. The summed E-state index contributed by atoms with van der Waals surface area (Å²) in [6.07, 6.45) is 32.8. The molecular weight excluding hydrogens is 296 g/mol. The highest BCUT2D eigenvalue weighted by Gasteiger charge is 1.83. The van der Waals surface area contributed by atoms with Crippen molar-refractivity contribution in [2.45, 2.75) is 58.3 Å². The minimum absolute atomic E-state index is 0.831. The Morgan fingerprint density at radius 1 is 0.708 bits per heavy atom. The molecule has 0 heterocycles. The molecule has 0 atom stereocenters. The second-order valence-electron chi connectivity index (χ2n) is 5.41. The molecule has 0 spiro atoms. The zero-order valence-electron chi connectivity index (χ0n) is 14.9. The Bertz CT molecular complexity index is 462. The molecule has 1 N–H and O–H groups in total. The summed E-state index contributed by atoms with van der Waals surface area (Å²) in [6.45, 7) is 2.16. The van der Waals surface area contributed by atoms with E-state index in [1.54, 1.807) is 6.08 Å². The minimum atomic E-state index is -0.916. The van der Waals surface area contributed by atoms with Crippen LogP contribution in [0, 0.1) is 0 Å². The summed E-state index contributed by atoms with van der Waals surface area (Å²) in [5.41, 5.74) is 0. The van der Waals surface area contributed by atoms with Crippen LogP contribution in [-0.2, 0) is 4.79 Å². The van der Waals surface area contributed by atoms with Gasteiger partial charge in [0.05, 0.1) is 0 Å². The molecule has 0 aromatic rings. The molecule has 132 valence electrons. The lowest BCUT2D eigenvalue weighted by Gasteiger charge is -1.93. The third-order valence-corrected chi connectivity index (χ3v) is 3.20. The van der Waals surface area contributed by atoms with Gasteiger partial charge in [-0.25, -0.2) is 4.79 Å². The number of carboxylic acids is 1. The van der Waals surface area contributed by atoms with Gasteiger partial charge in [-0.15, -0.1) is 0 Å². The number of carboxylic acid groups (broad SMARTS) is 1. The van der Waals surface area contributed by atoms with E-state index >= 15 is 0 Å². The summed E-state index contributed by atoms with van der Waals surface area (Å²) in [5, 5.41) is 8.41. The summed E-state index contributed by atoms with van der Waals surface area (Å²) >= 11 is 0. The van der Waals surface area contributed by atoms with Crippen molar-refractivity contribution < 1.29 is 9.90 Å². The number of hydrogen-bond donors (Lipinski definition) is 1. The average molecular weight is 328 g/mol. The summed E-state index contributed by atoms with van der Waals surface area (Å²) < 4.78 is 0. The van der Waals surface area contributed by atoms with Crippen molar-refractivity contribution in [3.8, 4) is 0 Å². The maximum absolute atomic E-state index is 10.2. The summed E-state index contributed by atoms with van der Waals surface area (Å²) in [4.78, 5) is 10.2. The van der Waals surface area contributed by atoms with E-state index in [1.807, 2.05) is 6.08 Å². The first kappa shape index (κ1) is 21.9. The Balaban J connectivity index is 3.45. The lowest BCUT2D eigenvalue weighted by atomic mass is 10.1. The van der Waals surface area contributed by atoms with Gasteiger partial charge in [-0.2, -0.15) is 0 Å². The van der Waals surface area contributed by atoms with E-state index < -0.39 is 5.97 Å². The van der Waals surface area contributed by atoms with E-state index in [9.17, 15) is 4.79 Å².